The summed E-state index contributed by atoms with van der Waals surface area (Å²) in [6, 6.07) is 8.73. The first-order valence-electron chi connectivity index (χ1n) is 7.36. The van der Waals surface area contributed by atoms with Crippen molar-refractivity contribution in [2.75, 3.05) is 14.2 Å². The van der Waals surface area contributed by atoms with Gasteiger partial charge in [-0.05, 0) is 30.3 Å². The summed E-state index contributed by atoms with van der Waals surface area (Å²) in [6.45, 7) is -0.460. The fourth-order valence-corrected chi connectivity index (χ4v) is 2.56. The fourth-order valence-electron chi connectivity index (χ4n) is 2.56. The van der Waals surface area contributed by atoms with Gasteiger partial charge in [-0.25, -0.2) is 8.78 Å². The normalized spacial score (nSPS) is 10.8. The summed E-state index contributed by atoms with van der Waals surface area (Å²) in [5, 5.41) is 13.5. The van der Waals surface area contributed by atoms with E-state index in [2.05, 4.69) is 5.16 Å². The van der Waals surface area contributed by atoms with Crippen LogP contribution in [0.2, 0.25) is 0 Å². The number of ether oxygens (including phenoxy) is 2. The number of rotatable bonds is 5. The summed E-state index contributed by atoms with van der Waals surface area (Å²) in [5.41, 5.74) is 0.762. The number of aliphatic hydroxyl groups excluding tert-OH is 1. The molecular formula is C18H15F2NO4. The Labute approximate surface area is 142 Å². The van der Waals surface area contributed by atoms with Crippen LogP contribution in [-0.2, 0) is 6.61 Å². The van der Waals surface area contributed by atoms with E-state index in [1.165, 1.54) is 26.4 Å². The Hall–Kier alpha value is -2.93. The van der Waals surface area contributed by atoms with Crippen LogP contribution in [0.1, 0.15) is 5.56 Å². The molecule has 3 aromatic rings. The Morgan fingerprint density at radius 2 is 1.84 bits per heavy atom. The Morgan fingerprint density at radius 3 is 2.52 bits per heavy atom. The van der Waals surface area contributed by atoms with Crippen molar-refractivity contribution in [3.8, 4) is 34.1 Å². The summed E-state index contributed by atoms with van der Waals surface area (Å²) in [6.07, 6.45) is 0. The zero-order valence-corrected chi connectivity index (χ0v) is 13.5. The molecule has 0 aliphatic rings. The molecule has 0 aliphatic heterocycles. The monoisotopic (exact) mass is 347 g/mol. The van der Waals surface area contributed by atoms with Crippen LogP contribution in [-0.4, -0.2) is 24.5 Å². The number of methoxy groups -OCH3 is 2. The van der Waals surface area contributed by atoms with Gasteiger partial charge in [0, 0.05) is 11.1 Å². The van der Waals surface area contributed by atoms with Crippen LogP contribution in [0, 0.1) is 11.6 Å². The second kappa shape index (κ2) is 6.90. The quantitative estimate of drug-likeness (QED) is 0.761. The molecule has 3 rings (SSSR count). The predicted molar refractivity (Wildman–Crippen MR) is 86.3 cm³/mol. The second-order valence-electron chi connectivity index (χ2n) is 5.17. The van der Waals surface area contributed by atoms with E-state index in [0.717, 1.165) is 6.07 Å². The topological polar surface area (TPSA) is 64.7 Å². The molecule has 0 spiro atoms. The minimum absolute atomic E-state index is 0.0456. The highest BCUT2D eigenvalue weighted by Gasteiger charge is 2.22. The molecule has 130 valence electrons. The highest BCUT2D eigenvalue weighted by Crippen LogP contribution is 2.37. The predicted octanol–water partition coefficient (Wildman–Crippen LogP) is 3.80. The molecule has 0 bridgehead atoms. The van der Waals surface area contributed by atoms with Crippen molar-refractivity contribution in [1.29, 1.82) is 0 Å². The molecule has 1 aromatic heterocycles. The van der Waals surface area contributed by atoms with Crippen molar-refractivity contribution in [3.63, 3.8) is 0 Å². The van der Waals surface area contributed by atoms with Crippen molar-refractivity contribution in [2.24, 2.45) is 0 Å². The van der Waals surface area contributed by atoms with Crippen LogP contribution < -0.4 is 9.47 Å². The molecule has 25 heavy (non-hydrogen) atoms. The molecule has 0 aliphatic carbocycles. The van der Waals surface area contributed by atoms with Gasteiger partial charge in [-0.15, -0.1) is 0 Å². The minimum Gasteiger partial charge on any atom is -0.493 e. The summed E-state index contributed by atoms with van der Waals surface area (Å²) in [7, 11) is 3.00. The van der Waals surface area contributed by atoms with E-state index in [-0.39, 0.29) is 22.6 Å². The standard InChI is InChI=1S/C18H15F2NO4/c1-23-14-7-6-10(8-15(14)24-2)18-12(9-22)17(21-25-18)11-4-3-5-13(19)16(11)20/h3-8,22H,9H2,1-2H3. The summed E-state index contributed by atoms with van der Waals surface area (Å²) in [4.78, 5) is 0. The molecule has 2 aromatic carbocycles. The largest absolute Gasteiger partial charge is 0.493 e. The Kier molecular flexibility index (Phi) is 4.67. The van der Waals surface area contributed by atoms with Gasteiger partial charge >= 0.3 is 0 Å². The van der Waals surface area contributed by atoms with Gasteiger partial charge in [0.15, 0.2) is 28.9 Å². The lowest BCUT2D eigenvalue weighted by Gasteiger charge is -2.09. The molecule has 0 saturated carbocycles. The Balaban J connectivity index is 2.14. The number of halogens is 2. The zero-order chi connectivity index (χ0) is 18.0. The molecule has 0 radical (unpaired) electrons. The molecule has 1 heterocycles. The molecule has 1 N–H and O–H groups in total. The number of aliphatic hydroxyl groups is 1. The number of aromatic nitrogens is 1. The van der Waals surface area contributed by atoms with Crippen LogP contribution in [0.4, 0.5) is 8.78 Å². The van der Waals surface area contributed by atoms with Crippen molar-refractivity contribution >= 4 is 0 Å². The lowest BCUT2D eigenvalue weighted by molar-refractivity contribution is 0.281. The van der Waals surface area contributed by atoms with Crippen LogP contribution in [0.5, 0.6) is 11.5 Å². The molecule has 0 saturated heterocycles. The Morgan fingerprint density at radius 1 is 1.08 bits per heavy atom. The first-order chi connectivity index (χ1) is 12.1. The van der Waals surface area contributed by atoms with E-state index in [4.69, 9.17) is 14.0 Å². The number of hydrogen-bond donors (Lipinski definition) is 1. The van der Waals surface area contributed by atoms with Crippen LogP contribution in [0.25, 0.3) is 22.6 Å². The van der Waals surface area contributed by atoms with Gasteiger partial charge in [-0.2, -0.15) is 0 Å². The second-order valence-corrected chi connectivity index (χ2v) is 5.17. The summed E-state index contributed by atoms with van der Waals surface area (Å²) in [5.74, 6) is -0.838. The molecule has 0 unspecified atom stereocenters. The third kappa shape index (κ3) is 2.94. The van der Waals surface area contributed by atoms with Gasteiger partial charge in [0.2, 0.25) is 0 Å². The number of hydrogen-bond acceptors (Lipinski definition) is 5. The van der Waals surface area contributed by atoms with E-state index in [1.807, 2.05) is 0 Å². The van der Waals surface area contributed by atoms with Gasteiger partial charge in [0.05, 0.1) is 26.4 Å². The molecule has 0 atom stereocenters. The highest BCUT2D eigenvalue weighted by molar-refractivity contribution is 5.74. The average Bonchev–Trinajstić information content (AvgIpc) is 3.07. The fraction of sp³-hybridized carbons (Fsp3) is 0.167. The van der Waals surface area contributed by atoms with Crippen LogP contribution in [0.3, 0.4) is 0 Å². The van der Waals surface area contributed by atoms with Crippen molar-refractivity contribution in [1.82, 2.24) is 5.16 Å². The van der Waals surface area contributed by atoms with E-state index < -0.39 is 18.2 Å². The van der Waals surface area contributed by atoms with Gasteiger partial charge in [0.1, 0.15) is 5.69 Å². The first kappa shape index (κ1) is 16.9. The average molecular weight is 347 g/mol. The number of benzene rings is 2. The third-order valence-electron chi connectivity index (χ3n) is 3.80. The first-order valence-corrected chi connectivity index (χ1v) is 7.36. The van der Waals surface area contributed by atoms with Crippen LogP contribution >= 0.6 is 0 Å². The van der Waals surface area contributed by atoms with E-state index in [0.29, 0.717) is 17.1 Å². The van der Waals surface area contributed by atoms with E-state index >= 15 is 0 Å². The lowest BCUT2D eigenvalue weighted by atomic mass is 10.0. The van der Waals surface area contributed by atoms with Gasteiger partial charge < -0.3 is 19.1 Å². The minimum atomic E-state index is -1.05. The Bertz CT molecular complexity index is 908. The van der Waals surface area contributed by atoms with Crippen molar-refractivity contribution in [3.05, 3.63) is 53.6 Å². The third-order valence-corrected chi connectivity index (χ3v) is 3.80. The highest BCUT2D eigenvalue weighted by atomic mass is 19.2. The SMILES string of the molecule is COc1ccc(-c2onc(-c3cccc(F)c3F)c2CO)cc1OC. The van der Waals surface area contributed by atoms with Gasteiger partial charge in [-0.3, -0.25) is 0 Å². The molecule has 0 amide bonds. The lowest BCUT2D eigenvalue weighted by Crippen LogP contribution is -1.94. The maximum atomic E-state index is 14.1. The smallest absolute Gasteiger partial charge is 0.173 e. The summed E-state index contributed by atoms with van der Waals surface area (Å²) >= 11 is 0. The summed E-state index contributed by atoms with van der Waals surface area (Å²) < 4.78 is 43.3. The van der Waals surface area contributed by atoms with Crippen molar-refractivity contribution < 1.29 is 27.9 Å². The van der Waals surface area contributed by atoms with Crippen LogP contribution in [0.15, 0.2) is 40.9 Å². The van der Waals surface area contributed by atoms with Gasteiger partial charge in [-0.1, -0.05) is 11.2 Å². The number of nitrogens with zero attached hydrogens (tertiary/aromatic N) is 1. The maximum absolute atomic E-state index is 14.1. The van der Waals surface area contributed by atoms with Crippen molar-refractivity contribution in [2.45, 2.75) is 6.61 Å². The molecule has 7 heteroatoms. The van der Waals surface area contributed by atoms with E-state index in [1.54, 1.807) is 18.2 Å². The maximum Gasteiger partial charge on any atom is 0.173 e. The van der Waals surface area contributed by atoms with Gasteiger partial charge in [0.25, 0.3) is 0 Å². The molecule has 5 nitrogen and oxygen atoms in total. The molecule has 0 fully saturated rings. The zero-order valence-electron chi connectivity index (χ0n) is 13.5. The molecular weight excluding hydrogens is 332 g/mol. The van der Waals surface area contributed by atoms with E-state index in [9.17, 15) is 13.9 Å².